The molecule has 0 aliphatic heterocycles. The van der Waals surface area contributed by atoms with Gasteiger partial charge in [0.05, 0.1) is 0 Å². The lowest BCUT2D eigenvalue weighted by atomic mass is 10.1. The van der Waals surface area contributed by atoms with Crippen LogP contribution in [0.3, 0.4) is 0 Å². The fourth-order valence-corrected chi connectivity index (χ4v) is 1.60. The van der Waals surface area contributed by atoms with Crippen molar-refractivity contribution in [3.63, 3.8) is 0 Å². The van der Waals surface area contributed by atoms with Crippen molar-refractivity contribution in [3.05, 3.63) is 30.6 Å². The highest BCUT2D eigenvalue weighted by molar-refractivity contribution is 5.92. The van der Waals surface area contributed by atoms with Crippen LogP contribution in [-0.4, -0.2) is 16.9 Å². The molecule has 5 nitrogen and oxygen atoms in total. The Bertz CT molecular complexity index is 621. The number of aromatic nitrogens is 1. The SMILES string of the molecule is CC(=O)Oc1ccc2cnccc2c1OC(C)=O. The second-order valence-electron chi connectivity index (χ2n) is 3.68. The largest absolute Gasteiger partial charge is 0.423 e. The fraction of sp³-hybridized carbons (Fsp3) is 0.154. The average Bonchev–Trinajstić information content (AvgIpc) is 2.31. The van der Waals surface area contributed by atoms with E-state index in [4.69, 9.17) is 9.47 Å². The summed E-state index contributed by atoms with van der Waals surface area (Å²) in [7, 11) is 0. The minimum atomic E-state index is -0.479. The zero-order valence-electron chi connectivity index (χ0n) is 9.97. The molecule has 0 radical (unpaired) electrons. The van der Waals surface area contributed by atoms with Crippen molar-refractivity contribution in [3.8, 4) is 11.5 Å². The molecule has 0 amide bonds. The first-order chi connectivity index (χ1) is 8.58. The number of hydrogen-bond acceptors (Lipinski definition) is 5. The Morgan fingerprint density at radius 1 is 1.06 bits per heavy atom. The van der Waals surface area contributed by atoms with Crippen LogP contribution in [0.5, 0.6) is 11.5 Å². The molecule has 0 fully saturated rings. The summed E-state index contributed by atoms with van der Waals surface area (Å²) in [5.74, 6) is -0.501. The van der Waals surface area contributed by atoms with Crippen LogP contribution >= 0.6 is 0 Å². The minimum Gasteiger partial charge on any atom is -0.423 e. The first-order valence-corrected chi connectivity index (χ1v) is 5.31. The zero-order valence-corrected chi connectivity index (χ0v) is 9.97. The molecule has 0 saturated heterocycles. The molecule has 2 rings (SSSR count). The number of fused-ring (bicyclic) bond motifs is 1. The van der Waals surface area contributed by atoms with Crippen molar-refractivity contribution in [2.45, 2.75) is 13.8 Å². The van der Waals surface area contributed by atoms with Gasteiger partial charge in [-0.15, -0.1) is 0 Å². The number of benzene rings is 1. The smallest absolute Gasteiger partial charge is 0.308 e. The molecule has 1 aromatic carbocycles. The molecule has 0 spiro atoms. The fourth-order valence-electron chi connectivity index (χ4n) is 1.60. The van der Waals surface area contributed by atoms with E-state index in [0.717, 1.165) is 5.39 Å². The number of hydrogen-bond donors (Lipinski definition) is 0. The molecule has 0 saturated carbocycles. The molecule has 2 aromatic rings. The normalized spacial score (nSPS) is 10.1. The molecular weight excluding hydrogens is 234 g/mol. The minimum absolute atomic E-state index is 0.219. The van der Waals surface area contributed by atoms with Gasteiger partial charge in [-0.25, -0.2) is 0 Å². The number of rotatable bonds is 2. The Balaban J connectivity index is 2.62. The predicted octanol–water partition coefficient (Wildman–Crippen LogP) is 2.09. The Morgan fingerprint density at radius 3 is 2.44 bits per heavy atom. The zero-order chi connectivity index (χ0) is 13.1. The lowest BCUT2D eigenvalue weighted by molar-refractivity contribution is -0.134. The third-order valence-corrected chi connectivity index (χ3v) is 2.23. The van der Waals surface area contributed by atoms with Crippen molar-refractivity contribution in [2.24, 2.45) is 0 Å². The van der Waals surface area contributed by atoms with Crippen molar-refractivity contribution < 1.29 is 19.1 Å². The molecule has 1 aromatic heterocycles. The van der Waals surface area contributed by atoms with Gasteiger partial charge in [0.2, 0.25) is 0 Å². The number of pyridine rings is 1. The van der Waals surface area contributed by atoms with E-state index in [-0.39, 0.29) is 11.5 Å². The van der Waals surface area contributed by atoms with E-state index >= 15 is 0 Å². The van der Waals surface area contributed by atoms with Crippen LogP contribution in [0.2, 0.25) is 0 Å². The average molecular weight is 245 g/mol. The Morgan fingerprint density at radius 2 is 1.78 bits per heavy atom. The quantitative estimate of drug-likeness (QED) is 0.598. The number of nitrogens with zero attached hydrogens (tertiary/aromatic N) is 1. The van der Waals surface area contributed by atoms with Gasteiger partial charge in [0, 0.05) is 37.0 Å². The number of carbonyl (C=O) groups excluding carboxylic acids is 2. The maximum atomic E-state index is 11.1. The van der Waals surface area contributed by atoms with E-state index < -0.39 is 11.9 Å². The first-order valence-electron chi connectivity index (χ1n) is 5.31. The summed E-state index contributed by atoms with van der Waals surface area (Å²) < 4.78 is 10.1. The molecule has 0 aliphatic rings. The summed E-state index contributed by atoms with van der Waals surface area (Å²) in [6, 6.07) is 5.01. The highest BCUT2D eigenvalue weighted by atomic mass is 16.6. The second kappa shape index (κ2) is 4.83. The maximum Gasteiger partial charge on any atom is 0.308 e. The molecule has 1 heterocycles. The molecule has 18 heavy (non-hydrogen) atoms. The number of carbonyl (C=O) groups is 2. The van der Waals surface area contributed by atoms with Gasteiger partial charge < -0.3 is 9.47 Å². The highest BCUT2D eigenvalue weighted by Gasteiger charge is 2.14. The third-order valence-electron chi connectivity index (χ3n) is 2.23. The lowest BCUT2D eigenvalue weighted by Gasteiger charge is -2.11. The van der Waals surface area contributed by atoms with Crippen LogP contribution in [-0.2, 0) is 9.59 Å². The predicted molar refractivity (Wildman–Crippen MR) is 64.4 cm³/mol. The van der Waals surface area contributed by atoms with E-state index in [1.807, 2.05) is 0 Å². The molecule has 5 heteroatoms. The molecule has 92 valence electrons. The van der Waals surface area contributed by atoms with E-state index in [2.05, 4.69) is 4.98 Å². The van der Waals surface area contributed by atoms with Gasteiger partial charge in [-0.3, -0.25) is 14.6 Å². The number of esters is 2. The van der Waals surface area contributed by atoms with Crippen LogP contribution in [0, 0.1) is 0 Å². The van der Waals surface area contributed by atoms with Gasteiger partial charge in [0.1, 0.15) is 0 Å². The Hall–Kier alpha value is -2.43. The molecule has 0 unspecified atom stereocenters. The van der Waals surface area contributed by atoms with Gasteiger partial charge in [0.15, 0.2) is 11.5 Å². The molecule has 0 N–H and O–H groups in total. The van der Waals surface area contributed by atoms with Gasteiger partial charge in [-0.2, -0.15) is 0 Å². The van der Waals surface area contributed by atoms with Crippen LogP contribution in [0.1, 0.15) is 13.8 Å². The number of ether oxygens (including phenoxy) is 2. The van der Waals surface area contributed by atoms with Gasteiger partial charge in [0.25, 0.3) is 0 Å². The monoisotopic (exact) mass is 245 g/mol. The molecule has 0 bridgehead atoms. The second-order valence-corrected chi connectivity index (χ2v) is 3.68. The summed E-state index contributed by atoms with van der Waals surface area (Å²) >= 11 is 0. The molecule has 0 aliphatic carbocycles. The van der Waals surface area contributed by atoms with Crippen molar-refractivity contribution in [1.82, 2.24) is 4.98 Å². The first kappa shape index (κ1) is 12.0. The van der Waals surface area contributed by atoms with Gasteiger partial charge in [-0.1, -0.05) is 0 Å². The lowest BCUT2D eigenvalue weighted by Crippen LogP contribution is -2.07. The summed E-state index contributed by atoms with van der Waals surface area (Å²) in [4.78, 5) is 26.1. The van der Waals surface area contributed by atoms with Crippen molar-refractivity contribution in [2.75, 3.05) is 0 Å². The standard InChI is InChI=1S/C13H11NO4/c1-8(15)17-12-4-3-10-7-14-6-5-11(10)13(12)18-9(2)16/h3-7H,1-2H3. The summed E-state index contributed by atoms with van der Waals surface area (Å²) in [5.41, 5.74) is 0. The summed E-state index contributed by atoms with van der Waals surface area (Å²) in [6.07, 6.45) is 3.22. The van der Waals surface area contributed by atoms with Gasteiger partial charge in [-0.05, 0) is 18.2 Å². The third kappa shape index (κ3) is 2.45. The van der Waals surface area contributed by atoms with E-state index in [1.165, 1.54) is 13.8 Å². The summed E-state index contributed by atoms with van der Waals surface area (Å²) in [5, 5.41) is 1.46. The Labute approximate surface area is 103 Å². The van der Waals surface area contributed by atoms with Crippen LogP contribution < -0.4 is 9.47 Å². The van der Waals surface area contributed by atoms with Crippen molar-refractivity contribution >= 4 is 22.7 Å². The Kier molecular flexibility index (Phi) is 3.23. The van der Waals surface area contributed by atoms with Gasteiger partial charge >= 0.3 is 11.9 Å². The maximum absolute atomic E-state index is 11.1. The van der Waals surface area contributed by atoms with Crippen LogP contribution in [0.15, 0.2) is 30.6 Å². The van der Waals surface area contributed by atoms with Crippen LogP contribution in [0.25, 0.3) is 10.8 Å². The van der Waals surface area contributed by atoms with E-state index in [0.29, 0.717) is 5.39 Å². The molecule has 0 atom stereocenters. The van der Waals surface area contributed by atoms with Crippen LogP contribution in [0.4, 0.5) is 0 Å². The van der Waals surface area contributed by atoms with Crippen molar-refractivity contribution in [1.29, 1.82) is 0 Å². The topological polar surface area (TPSA) is 65.5 Å². The van der Waals surface area contributed by atoms with E-state index in [9.17, 15) is 9.59 Å². The summed E-state index contributed by atoms with van der Waals surface area (Å²) in [6.45, 7) is 2.58. The highest BCUT2D eigenvalue weighted by Crippen LogP contribution is 2.35. The molecular formula is C13H11NO4. The van der Waals surface area contributed by atoms with E-state index in [1.54, 1.807) is 30.6 Å².